The highest BCUT2D eigenvalue weighted by Crippen LogP contribution is 2.47. The lowest BCUT2D eigenvalue weighted by molar-refractivity contribution is -0.0845. The van der Waals surface area contributed by atoms with Crippen LogP contribution in [-0.2, 0) is 4.74 Å². The van der Waals surface area contributed by atoms with Gasteiger partial charge in [-0.25, -0.2) is 8.78 Å². The molecule has 2 nitrogen and oxygen atoms in total. The molecule has 1 saturated carbocycles. The lowest BCUT2D eigenvalue weighted by Gasteiger charge is -2.40. The van der Waals surface area contributed by atoms with Gasteiger partial charge in [0.15, 0.2) is 0 Å². The molecule has 0 radical (unpaired) electrons. The van der Waals surface area contributed by atoms with Crippen LogP contribution in [0.2, 0.25) is 0 Å². The fourth-order valence-corrected chi connectivity index (χ4v) is 4.35. The summed E-state index contributed by atoms with van der Waals surface area (Å²) < 4.78 is 32.9. The summed E-state index contributed by atoms with van der Waals surface area (Å²) in [7, 11) is 1.96. The van der Waals surface area contributed by atoms with E-state index in [0.29, 0.717) is 24.7 Å². The molecule has 0 aromatic rings. The molecule has 2 unspecified atom stereocenters. The summed E-state index contributed by atoms with van der Waals surface area (Å²) in [6.45, 7) is 8.51. The molecule has 2 atom stereocenters. The molecular formula is C16H29F2NO. The Morgan fingerprint density at radius 2 is 1.65 bits per heavy atom. The fraction of sp³-hybridized carbons (Fsp3) is 1.00. The first-order valence-electron chi connectivity index (χ1n) is 7.82. The Labute approximate surface area is 121 Å². The van der Waals surface area contributed by atoms with Gasteiger partial charge in [0.2, 0.25) is 5.92 Å². The van der Waals surface area contributed by atoms with Gasteiger partial charge in [0, 0.05) is 24.8 Å². The van der Waals surface area contributed by atoms with Gasteiger partial charge < -0.3 is 10.1 Å². The molecule has 2 aliphatic rings. The van der Waals surface area contributed by atoms with Crippen LogP contribution in [0.5, 0.6) is 0 Å². The van der Waals surface area contributed by atoms with Crippen molar-refractivity contribution in [2.45, 2.75) is 83.0 Å². The van der Waals surface area contributed by atoms with Crippen LogP contribution in [-0.4, -0.2) is 30.2 Å². The molecule has 2 rings (SSSR count). The summed E-state index contributed by atoms with van der Waals surface area (Å²) in [5, 5.41) is 3.41. The fourth-order valence-electron chi connectivity index (χ4n) is 4.35. The predicted molar refractivity (Wildman–Crippen MR) is 77.1 cm³/mol. The molecule has 0 aromatic carbocycles. The van der Waals surface area contributed by atoms with Crippen LogP contribution in [0.1, 0.15) is 59.8 Å². The van der Waals surface area contributed by atoms with Crippen molar-refractivity contribution in [3.63, 3.8) is 0 Å². The molecule has 2 fully saturated rings. The van der Waals surface area contributed by atoms with Crippen LogP contribution < -0.4 is 5.32 Å². The Balaban J connectivity index is 2.09. The number of hydrogen-bond donors (Lipinski definition) is 1. The molecule has 20 heavy (non-hydrogen) atoms. The third-order valence-electron chi connectivity index (χ3n) is 5.18. The molecule has 1 saturated heterocycles. The SMILES string of the molecule is CNC(C1CCC(F)(F)CC1)C1CC(C)(C)OC1(C)C. The minimum Gasteiger partial charge on any atom is -0.369 e. The molecule has 4 heteroatoms. The number of alkyl halides is 2. The Kier molecular flexibility index (Phi) is 4.20. The van der Waals surface area contributed by atoms with Crippen molar-refractivity contribution in [2.24, 2.45) is 11.8 Å². The summed E-state index contributed by atoms with van der Waals surface area (Å²) in [5.41, 5.74) is -0.320. The average molecular weight is 289 g/mol. The Morgan fingerprint density at radius 1 is 1.10 bits per heavy atom. The molecule has 0 spiro atoms. The molecule has 0 aromatic heterocycles. The van der Waals surface area contributed by atoms with Gasteiger partial charge in [-0.3, -0.25) is 0 Å². The highest BCUT2D eigenvalue weighted by atomic mass is 19.3. The smallest absolute Gasteiger partial charge is 0.248 e. The van der Waals surface area contributed by atoms with Gasteiger partial charge >= 0.3 is 0 Å². The van der Waals surface area contributed by atoms with Gasteiger partial charge in [-0.05, 0) is 59.9 Å². The first kappa shape index (κ1) is 16.2. The summed E-state index contributed by atoms with van der Waals surface area (Å²) in [6, 6.07) is 0.267. The highest BCUT2D eigenvalue weighted by Gasteiger charge is 2.51. The Bertz CT molecular complexity index is 344. The third-order valence-corrected chi connectivity index (χ3v) is 5.18. The van der Waals surface area contributed by atoms with E-state index in [1.165, 1.54) is 0 Å². The van der Waals surface area contributed by atoms with Gasteiger partial charge in [-0.1, -0.05) is 0 Å². The minimum atomic E-state index is -2.45. The largest absolute Gasteiger partial charge is 0.369 e. The zero-order valence-electron chi connectivity index (χ0n) is 13.4. The van der Waals surface area contributed by atoms with E-state index < -0.39 is 5.92 Å². The van der Waals surface area contributed by atoms with Crippen molar-refractivity contribution < 1.29 is 13.5 Å². The van der Waals surface area contributed by atoms with Crippen LogP contribution in [0.3, 0.4) is 0 Å². The second-order valence-corrected chi connectivity index (χ2v) is 7.78. The number of hydrogen-bond acceptors (Lipinski definition) is 2. The molecular weight excluding hydrogens is 260 g/mol. The molecule has 1 aliphatic heterocycles. The van der Waals surface area contributed by atoms with E-state index in [1.807, 2.05) is 7.05 Å². The van der Waals surface area contributed by atoms with E-state index >= 15 is 0 Å². The zero-order chi connectivity index (χ0) is 15.2. The maximum Gasteiger partial charge on any atom is 0.248 e. The van der Waals surface area contributed by atoms with E-state index in [4.69, 9.17) is 4.74 Å². The highest BCUT2D eigenvalue weighted by molar-refractivity contribution is 5.01. The van der Waals surface area contributed by atoms with Crippen molar-refractivity contribution >= 4 is 0 Å². The zero-order valence-corrected chi connectivity index (χ0v) is 13.4. The molecule has 0 amide bonds. The van der Waals surface area contributed by atoms with Gasteiger partial charge in [0.05, 0.1) is 11.2 Å². The van der Waals surface area contributed by atoms with Crippen LogP contribution in [0, 0.1) is 11.8 Å². The summed E-state index contributed by atoms with van der Waals surface area (Å²) in [4.78, 5) is 0. The Hall–Kier alpha value is -0.220. The van der Waals surface area contributed by atoms with Crippen LogP contribution in [0.4, 0.5) is 8.78 Å². The van der Waals surface area contributed by atoms with Crippen molar-refractivity contribution in [2.75, 3.05) is 7.05 Å². The number of nitrogens with one attached hydrogen (secondary N) is 1. The van der Waals surface area contributed by atoms with Crippen molar-refractivity contribution in [1.29, 1.82) is 0 Å². The van der Waals surface area contributed by atoms with Gasteiger partial charge in [-0.15, -0.1) is 0 Å². The second kappa shape index (κ2) is 5.20. The molecule has 1 N–H and O–H groups in total. The van der Waals surface area contributed by atoms with E-state index in [1.54, 1.807) is 0 Å². The standard InChI is InChI=1S/C16H29F2NO/c1-14(2)10-12(15(3,4)20-14)13(19-5)11-6-8-16(17,18)9-7-11/h11-13,19H,6-10H2,1-5H3. The second-order valence-electron chi connectivity index (χ2n) is 7.78. The van der Waals surface area contributed by atoms with E-state index in [9.17, 15) is 8.78 Å². The van der Waals surface area contributed by atoms with Crippen LogP contribution in [0.25, 0.3) is 0 Å². The lowest BCUT2D eigenvalue weighted by Crippen LogP contribution is -2.48. The van der Waals surface area contributed by atoms with E-state index in [-0.39, 0.29) is 30.1 Å². The molecule has 1 heterocycles. The average Bonchev–Trinajstić information content (AvgIpc) is 2.50. The first-order chi connectivity index (χ1) is 9.06. The first-order valence-corrected chi connectivity index (χ1v) is 7.82. The van der Waals surface area contributed by atoms with Crippen molar-refractivity contribution in [3.8, 4) is 0 Å². The summed E-state index contributed by atoms with van der Waals surface area (Å²) >= 11 is 0. The van der Waals surface area contributed by atoms with Gasteiger partial charge in [0.1, 0.15) is 0 Å². The third kappa shape index (κ3) is 3.33. The normalized spacial score (nSPS) is 34.0. The van der Waals surface area contributed by atoms with Crippen molar-refractivity contribution in [3.05, 3.63) is 0 Å². The number of rotatable bonds is 3. The predicted octanol–water partition coefficient (Wildman–Crippen LogP) is 3.99. The molecule has 118 valence electrons. The maximum atomic E-state index is 13.4. The minimum absolute atomic E-state index is 0.0350. The monoisotopic (exact) mass is 289 g/mol. The van der Waals surface area contributed by atoms with Gasteiger partial charge in [0.25, 0.3) is 0 Å². The summed E-state index contributed by atoms with van der Waals surface area (Å²) in [5.74, 6) is -1.74. The van der Waals surface area contributed by atoms with Crippen molar-refractivity contribution in [1.82, 2.24) is 5.32 Å². The van der Waals surface area contributed by atoms with Crippen LogP contribution in [0.15, 0.2) is 0 Å². The topological polar surface area (TPSA) is 21.3 Å². The van der Waals surface area contributed by atoms with E-state index in [2.05, 4.69) is 33.0 Å². The van der Waals surface area contributed by atoms with E-state index in [0.717, 1.165) is 6.42 Å². The maximum absolute atomic E-state index is 13.4. The van der Waals surface area contributed by atoms with Crippen LogP contribution >= 0.6 is 0 Å². The summed E-state index contributed by atoms with van der Waals surface area (Å²) in [6.07, 6.45) is 2.29. The lowest BCUT2D eigenvalue weighted by atomic mass is 9.71. The molecule has 0 bridgehead atoms. The Morgan fingerprint density at radius 3 is 2.05 bits per heavy atom. The number of ether oxygens (including phenoxy) is 1. The van der Waals surface area contributed by atoms with Gasteiger partial charge in [-0.2, -0.15) is 0 Å². The molecule has 1 aliphatic carbocycles. The number of halogens is 2. The quantitative estimate of drug-likeness (QED) is 0.848.